The van der Waals surface area contributed by atoms with Gasteiger partial charge in [-0.1, -0.05) is 90.4 Å². The molecule has 120 valence electrons. The summed E-state index contributed by atoms with van der Waals surface area (Å²) in [5.74, 6) is 10.4. The van der Waals surface area contributed by atoms with Crippen LogP contribution in [0, 0.1) is 36.0 Å². The highest BCUT2D eigenvalue weighted by Crippen LogP contribution is 2.21. The van der Waals surface area contributed by atoms with E-state index >= 15 is 0 Å². The lowest BCUT2D eigenvalue weighted by Crippen LogP contribution is -2.10. The zero-order valence-corrected chi connectivity index (χ0v) is 14.7. The van der Waals surface area contributed by atoms with Gasteiger partial charge in [0.2, 0.25) is 0 Å². The van der Waals surface area contributed by atoms with Crippen molar-refractivity contribution in [2.24, 2.45) is 11.8 Å². The lowest BCUT2D eigenvalue weighted by atomic mass is 9.86. The fraction of sp³-hybridized carbons (Fsp3) is 0.810. The van der Waals surface area contributed by atoms with Crippen molar-refractivity contribution in [3.8, 4) is 24.2 Å². The summed E-state index contributed by atoms with van der Waals surface area (Å²) in [6.45, 7) is 6.74. The normalized spacial score (nSPS) is 13.0. The maximum atomic E-state index is 5.68. The second-order valence-electron chi connectivity index (χ2n) is 6.15. The van der Waals surface area contributed by atoms with Crippen molar-refractivity contribution in [1.29, 1.82) is 0 Å². The molecule has 0 saturated carbocycles. The van der Waals surface area contributed by atoms with E-state index < -0.39 is 0 Å². The van der Waals surface area contributed by atoms with Crippen molar-refractivity contribution in [3.63, 3.8) is 0 Å². The maximum Gasteiger partial charge on any atom is 0.0836 e. The van der Waals surface area contributed by atoms with E-state index in [0.717, 1.165) is 12.8 Å². The van der Waals surface area contributed by atoms with E-state index in [0.29, 0.717) is 5.92 Å². The molecule has 0 aliphatic heterocycles. The molecule has 0 N–H and O–H groups in total. The number of hydrogen-bond acceptors (Lipinski definition) is 0. The van der Waals surface area contributed by atoms with Crippen molar-refractivity contribution in [2.45, 2.75) is 97.8 Å². The van der Waals surface area contributed by atoms with Crippen molar-refractivity contribution in [1.82, 2.24) is 0 Å². The van der Waals surface area contributed by atoms with E-state index in [1.165, 1.54) is 64.2 Å². The molecule has 21 heavy (non-hydrogen) atoms. The van der Waals surface area contributed by atoms with Crippen LogP contribution < -0.4 is 0 Å². The van der Waals surface area contributed by atoms with Crippen LogP contribution in [0.2, 0.25) is 0 Å². The lowest BCUT2D eigenvalue weighted by molar-refractivity contribution is 0.410. The molecule has 0 aliphatic rings. The van der Waals surface area contributed by atoms with Gasteiger partial charge in [0.1, 0.15) is 0 Å². The largest absolute Gasteiger partial charge is 0.119 e. The van der Waals surface area contributed by atoms with Crippen LogP contribution in [-0.4, -0.2) is 0 Å². The Morgan fingerprint density at radius 1 is 0.810 bits per heavy atom. The highest BCUT2D eigenvalue weighted by atomic mass is 14.2. The molecule has 0 aromatic carbocycles. The standard InChI is InChI=1S/C21H36/c1-5-9-11-12-13-14-15-16-17-19-21(8-4)20(7-3)18-10-6-2/h4,20-21H,5-7,9-16,18H2,1-3H3. The predicted molar refractivity (Wildman–Crippen MR) is 96.0 cm³/mol. The van der Waals surface area contributed by atoms with Crippen LogP contribution in [0.3, 0.4) is 0 Å². The van der Waals surface area contributed by atoms with Crippen LogP contribution in [0.4, 0.5) is 0 Å². The second-order valence-corrected chi connectivity index (χ2v) is 6.15. The molecule has 0 heterocycles. The molecule has 0 rings (SSSR count). The van der Waals surface area contributed by atoms with Crippen LogP contribution >= 0.6 is 0 Å². The number of rotatable bonds is 12. The van der Waals surface area contributed by atoms with Gasteiger partial charge in [-0.15, -0.1) is 12.3 Å². The molecule has 0 aliphatic carbocycles. The lowest BCUT2D eigenvalue weighted by Gasteiger charge is -2.16. The van der Waals surface area contributed by atoms with Gasteiger partial charge in [-0.25, -0.2) is 0 Å². The number of terminal acetylenes is 1. The molecule has 0 spiro atoms. The first-order chi connectivity index (χ1) is 10.3. The minimum atomic E-state index is 0.172. The van der Waals surface area contributed by atoms with Gasteiger partial charge in [0.25, 0.3) is 0 Å². The SMILES string of the molecule is C#CC(C#CCCCCCCCCC)C(CC)CCCC. The summed E-state index contributed by atoms with van der Waals surface area (Å²) in [5.41, 5.74) is 0. The predicted octanol–water partition coefficient (Wildman–Crippen LogP) is 6.60. The molecule has 2 unspecified atom stereocenters. The van der Waals surface area contributed by atoms with Gasteiger partial charge in [-0.3, -0.25) is 0 Å². The van der Waals surface area contributed by atoms with Gasteiger partial charge in [0, 0.05) is 6.42 Å². The van der Waals surface area contributed by atoms with Gasteiger partial charge in [0.05, 0.1) is 5.92 Å². The summed E-state index contributed by atoms with van der Waals surface area (Å²) < 4.78 is 0. The Morgan fingerprint density at radius 2 is 1.43 bits per heavy atom. The summed E-state index contributed by atoms with van der Waals surface area (Å²) in [7, 11) is 0. The summed E-state index contributed by atoms with van der Waals surface area (Å²) in [6, 6.07) is 0. The van der Waals surface area contributed by atoms with E-state index in [4.69, 9.17) is 6.42 Å². The van der Waals surface area contributed by atoms with E-state index in [9.17, 15) is 0 Å². The molecule has 0 aromatic heterocycles. The zero-order chi connectivity index (χ0) is 15.8. The van der Waals surface area contributed by atoms with Crippen LogP contribution in [0.15, 0.2) is 0 Å². The first-order valence-corrected chi connectivity index (χ1v) is 9.24. The van der Waals surface area contributed by atoms with Crippen LogP contribution in [0.1, 0.15) is 97.8 Å². The Hall–Kier alpha value is -0.880. The summed E-state index contributed by atoms with van der Waals surface area (Å²) in [4.78, 5) is 0. The van der Waals surface area contributed by atoms with Crippen LogP contribution in [-0.2, 0) is 0 Å². The van der Waals surface area contributed by atoms with Gasteiger partial charge in [0.15, 0.2) is 0 Å². The minimum absolute atomic E-state index is 0.172. The molecule has 0 saturated heterocycles. The third kappa shape index (κ3) is 11.5. The molecule has 2 atom stereocenters. The molecular formula is C21H36. The molecule has 0 heteroatoms. The van der Waals surface area contributed by atoms with E-state index in [-0.39, 0.29) is 5.92 Å². The quantitative estimate of drug-likeness (QED) is 0.280. The average Bonchev–Trinajstić information content (AvgIpc) is 2.51. The van der Waals surface area contributed by atoms with Gasteiger partial charge in [-0.2, -0.15) is 0 Å². The van der Waals surface area contributed by atoms with Crippen molar-refractivity contribution < 1.29 is 0 Å². The average molecular weight is 289 g/mol. The minimum Gasteiger partial charge on any atom is -0.119 e. The fourth-order valence-corrected chi connectivity index (χ4v) is 2.72. The molecule has 0 bridgehead atoms. The van der Waals surface area contributed by atoms with Crippen molar-refractivity contribution >= 4 is 0 Å². The van der Waals surface area contributed by atoms with E-state index in [2.05, 4.69) is 38.5 Å². The first kappa shape index (κ1) is 20.1. The molecular weight excluding hydrogens is 252 g/mol. The molecule has 0 aromatic rings. The summed E-state index contributed by atoms with van der Waals surface area (Å²) in [5, 5.41) is 0. The van der Waals surface area contributed by atoms with E-state index in [1.807, 2.05) is 0 Å². The Bertz CT molecular complexity index is 309. The molecule has 0 fully saturated rings. The Labute approximate surface area is 134 Å². The van der Waals surface area contributed by atoms with Crippen LogP contribution in [0.5, 0.6) is 0 Å². The highest BCUT2D eigenvalue weighted by Gasteiger charge is 2.14. The third-order valence-electron chi connectivity index (χ3n) is 4.27. The van der Waals surface area contributed by atoms with Crippen molar-refractivity contribution in [3.05, 3.63) is 0 Å². The van der Waals surface area contributed by atoms with Gasteiger partial charge in [-0.05, 0) is 18.8 Å². The molecule has 0 nitrogen and oxygen atoms in total. The Morgan fingerprint density at radius 3 is 2.00 bits per heavy atom. The number of hydrogen-bond donors (Lipinski definition) is 0. The van der Waals surface area contributed by atoms with Gasteiger partial charge >= 0.3 is 0 Å². The highest BCUT2D eigenvalue weighted by molar-refractivity contribution is 5.16. The van der Waals surface area contributed by atoms with Crippen LogP contribution in [0.25, 0.3) is 0 Å². The number of unbranched alkanes of at least 4 members (excludes halogenated alkanes) is 8. The molecule has 0 amide bonds. The summed E-state index contributed by atoms with van der Waals surface area (Å²) in [6.07, 6.45) is 21.1. The Balaban J connectivity index is 3.85. The topological polar surface area (TPSA) is 0 Å². The summed E-state index contributed by atoms with van der Waals surface area (Å²) >= 11 is 0. The van der Waals surface area contributed by atoms with Gasteiger partial charge < -0.3 is 0 Å². The third-order valence-corrected chi connectivity index (χ3v) is 4.27. The Kier molecular flexibility index (Phi) is 14.9. The van der Waals surface area contributed by atoms with Crippen molar-refractivity contribution in [2.75, 3.05) is 0 Å². The first-order valence-electron chi connectivity index (χ1n) is 9.24. The zero-order valence-electron chi connectivity index (χ0n) is 14.7. The van der Waals surface area contributed by atoms with E-state index in [1.54, 1.807) is 0 Å². The smallest absolute Gasteiger partial charge is 0.0836 e. The maximum absolute atomic E-state index is 5.68. The second kappa shape index (κ2) is 15.5. The molecule has 0 radical (unpaired) electrons. The fourth-order valence-electron chi connectivity index (χ4n) is 2.72. The monoisotopic (exact) mass is 288 g/mol.